The van der Waals surface area contributed by atoms with E-state index in [0.717, 1.165) is 0 Å². The van der Waals surface area contributed by atoms with Gasteiger partial charge in [0.1, 0.15) is 0 Å². The van der Waals surface area contributed by atoms with Gasteiger partial charge in [0.05, 0.1) is 5.38 Å². The molecular formula is C14H18Cl2O6. The highest BCUT2D eigenvalue weighted by Gasteiger charge is 2.31. The van der Waals surface area contributed by atoms with Crippen molar-refractivity contribution in [1.29, 1.82) is 0 Å². The van der Waals surface area contributed by atoms with Gasteiger partial charge in [0.25, 0.3) is 0 Å². The molecule has 3 atom stereocenters. The summed E-state index contributed by atoms with van der Waals surface area (Å²) in [5.41, 5.74) is -2.33. The quantitative estimate of drug-likeness (QED) is 0.447. The lowest BCUT2D eigenvalue weighted by molar-refractivity contribution is 0.0239. The van der Waals surface area contributed by atoms with Crippen LogP contribution >= 0.6 is 23.2 Å². The van der Waals surface area contributed by atoms with E-state index in [-0.39, 0.29) is 5.88 Å². The van der Waals surface area contributed by atoms with Gasteiger partial charge in [-0.25, -0.2) is 9.59 Å². The maximum atomic E-state index is 10.1. The molecule has 0 aliphatic rings. The topological polar surface area (TPSA) is 93.1 Å². The van der Waals surface area contributed by atoms with Crippen LogP contribution in [0.5, 0.6) is 0 Å². The van der Waals surface area contributed by atoms with Gasteiger partial charge in [0.15, 0.2) is 11.2 Å². The lowest BCUT2D eigenvalue weighted by atomic mass is 10.1. The van der Waals surface area contributed by atoms with Crippen LogP contribution < -0.4 is 0 Å². The number of ether oxygens (including phenoxy) is 2. The number of rotatable bonds is 5. The van der Waals surface area contributed by atoms with Crippen molar-refractivity contribution in [2.24, 2.45) is 0 Å². The number of halogens is 2. The zero-order chi connectivity index (χ0) is 18.0. The molecule has 0 aliphatic heterocycles. The Hall–Kier alpha value is -1.76. The largest absolute Gasteiger partial charge is 0.507 e. The van der Waals surface area contributed by atoms with Crippen molar-refractivity contribution in [3.8, 4) is 24.7 Å². The molecule has 3 unspecified atom stereocenters. The van der Waals surface area contributed by atoms with Crippen LogP contribution in [0.15, 0.2) is 0 Å². The Morgan fingerprint density at radius 2 is 1.64 bits per heavy atom. The van der Waals surface area contributed by atoms with Crippen molar-refractivity contribution in [2.75, 3.05) is 5.88 Å². The third kappa shape index (κ3) is 9.23. The number of hydrogen-bond donors (Lipinski definition) is 2. The molecule has 0 aromatic rings. The number of terminal acetylenes is 2. The molecule has 6 nitrogen and oxygen atoms in total. The summed E-state index contributed by atoms with van der Waals surface area (Å²) in [5, 5.41) is 15.9. The Balaban J connectivity index is 0. The van der Waals surface area contributed by atoms with Crippen LogP contribution in [0.1, 0.15) is 27.2 Å². The van der Waals surface area contributed by atoms with Crippen molar-refractivity contribution < 1.29 is 29.3 Å². The van der Waals surface area contributed by atoms with Gasteiger partial charge in [-0.15, -0.1) is 36.0 Å². The summed E-state index contributed by atoms with van der Waals surface area (Å²) in [6.07, 6.45) is 7.60. The smallest absolute Gasteiger partial charge is 0.450 e. The Bertz CT molecular complexity index is 465. The van der Waals surface area contributed by atoms with Crippen LogP contribution in [-0.4, -0.2) is 45.0 Å². The van der Waals surface area contributed by atoms with Gasteiger partial charge < -0.3 is 19.7 Å². The van der Waals surface area contributed by atoms with E-state index < -0.39 is 28.9 Å². The fraction of sp³-hybridized carbons (Fsp3) is 0.571. The van der Waals surface area contributed by atoms with Gasteiger partial charge in [0.2, 0.25) is 0 Å². The van der Waals surface area contributed by atoms with E-state index in [1.54, 1.807) is 6.92 Å². The molecule has 0 bridgehead atoms. The molecule has 0 saturated heterocycles. The number of alkyl halides is 2. The van der Waals surface area contributed by atoms with Crippen LogP contribution in [0, 0.1) is 24.7 Å². The molecule has 0 rings (SSSR count). The second-order valence-electron chi connectivity index (χ2n) is 4.42. The van der Waals surface area contributed by atoms with Gasteiger partial charge in [-0.2, -0.15) is 0 Å². The zero-order valence-electron chi connectivity index (χ0n) is 12.4. The summed E-state index contributed by atoms with van der Waals surface area (Å²) in [7, 11) is 0. The minimum Gasteiger partial charge on any atom is -0.450 e. The second-order valence-corrected chi connectivity index (χ2v) is 5.45. The first-order chi connectivity index (χ1) is 9.96. The normalized spacial score (nSPS) is 16.1. The predicted octanol–water partition coefficient (Wildman–Crippen LogP) is 3.40. The summed E-state index contributed by atoms with van der Waals surface area (Å²) in [6.45, 7) is 4.52. The molecule has 2 N–H and O–H groups in total. The summed E-state index contributed by atoms with van der Waals surface area (Å²) in [6, 6.07) is 0. The van der Waals surface area contributed by atoms with E-state index in [1.807, 2.05) is 0 Å². The Labute approximate surface area is 139 Å². The maximum absolute atomic E-state index is 10.1. The molecule has 0 heterocycles. The van der Waals surface area contributed by atoms with Crippen molar-refractivity contribution in [3.63, 3.8) is 0 Å². The lowest BCUT2D eigenvalue weighted by Gasteiger charge is -2.24. The Morgan fingerprint density at radius 3 is 1.82 bits per heavy atom. The van der Waals surface area contributed by atoms with Crippen LogP contribution in [0.25, 0.3) is 0 Å². The first-order valence-electron chi connectivity index (χ1n) is 5.95. The van der Waals surface area contributed by atoms with E-state index in [2.05, 4.69) is 21.3 Å². The molecule has 0 aliphatic carbocycles. The highest BCUT2D eigenvalue weighted by atomic mass is 35.5. The highest BCUT2D eigenvalue weighted by Crippen LogP contribution is 2.19. The number of carbonyl (C=O) groups is 2. The average Bonchev–Trinajstić information content (AvgIpc) is 2.37. The molecule has 8 heteroatoms. The van der Waals surface area contributed by atoms with Gasteiger partial charge in [-0.3, -0.25) is 0 Å². The SMILES string of the molecule is C#CC(C)(CCCl)OC(=O)O.C#CC(C)(OC(=O)O)C(C)Cl. The summed E-state index contributed by atoms with van der Waals surface area (Å²) in [4.78, 5) is 20.2. The average molecular weight is 353 g/mol. The molecule has 124 valence electrons. The molecule has 0 radical (unpaired) electrons. The molecule has 0 saturated carbocycles. The van der Waals surface area contributed by atoms with Crippen molar-refractivity contribution in [2.45, 2.75) is 43.8 Å². The van der Waals surface area contributed by atoms with E-state index in [1.165, 1.54) is 13.8 Å². The van der Waals surface area contributed by atoms with Gasteiger partial charge in [-0.1, -0.05) is 11.8 Å². The van der Waals surface area contributed by atoms with Crippen molar-refractivity contribution in [3.05, 3.63) is 0 Å². The first kappa shape index (κ1) is 22.5. The van der Waals surface area contributed by atoms with Crippen molar-refractivity contribution >= 4 is 35.5 Å². The van der Waals surface area contributed by atoms with Crippen LogP contribution in [-0.2, 0) is 9.47 Å². The minimum atomic E-state index is -1.42. The molecule has 0 aromatic carbocycles. The van der Waals surface area contributed by atoms with E-state index in [4.69, 9.17) is 46.3 Å². The number of hydrogen-bond acceptors (Lipinski definition) is 4. The van der Waals surface area contributed by atoms with Crippen LogP contribution in [0.4, 0.5) is 9.59 Å². The lowest BCUT2D eigenvalue weighted by Crippen LogP contribution is -2.37. The third-order valence-electron chi connectivity index (χ3n) is 2.53. The maximum Gasteiger partial charge on any atom is 0.507 e. The molecule has 22 heavy (non-hydrogen) atoms. The molecule has 0 spiro atoms. The Morgan fingerprint density at radius 1 is 1.18 bits per heavy atom. The zero-order valence-corrected chi connectivity index (χ0v) is 13.9. The minimum absolute atomic E-state index is 0.272. The van der Waals surface area contributed by atoms with Gasteiger partial charge >= 0.3 is 12.3 Å². The second kappa shape index (κ2) is 10.0. The standard InChI is InChI=1S/2C7H9ClO3/c1-4-7(3,5(2)8)11-6(9)10;1-3-7(2,4-5-8)11-6(9)10/h1,5H,2-3H3,(H,9,10);1H,4-5H2,2H3,(H,9,10). The van der Waals surface area contributed by atoms with Crippen molar-refractivity contribution in [1.82, 2.24) is 0 Å². The number of carboxylic acid groups (broad SMARTS) is 2. The summed E-state index contributed by atoms with van der Waals surface area (Å²) >= 11 is 11.0. The fourth-order valence-corrected chi connectivity index (χ4v) is 1.40. The summed E-state index contributed by atoms with van der Waals surface area (Å²) in [5.74, 6) is 4.67. The first-order valence-corrected chi connectivity index (χ1v) is 6.93. The molecule has 0 amide bonds. The van der Waals surface area contributed by atoms with E-state index in [9.17, 15) is 9.59 Å². The fourth-order valence-electron chi connectivity index (χ4n) is 0.933. The molecule has 0 fully saturated rings. The monoisotopic (exact) mass is 352 g/mol. The third-order valence-corrected chi connectivity index (χ3v) is 3.14. The van der Waals surface area contributed by atoms with E-state index >= 15 is 0 Å². The molecular weight excluding hydrogens is 335 g/mol. The van der Waals surface area contributed by atoms with Crippen LogP contribution in [0.3, 0.4) is 0 Å². The Kier molecular flexibility index (Phi) is 10.3. The predicted molar refractivity (Wildman–Crippen MR) is 83.3 cm³/mol. The van der Waals surface area contributed by atoms with Gasteiger partial charge in [0, 0.05) is 12.3 Å². The summed E-state index contributed by atoms with van der Waals surface area (Å²) < 4.78 is 8.82. The highest BCUT2D eigenvalue weighted by molar-refractivity contribution is 6.21. The van der Waals surface area contributed by atoms with Gasteiger partial charge in [-0.05, 0) is 20.8 Å². The van der Waals surface area contributed by atoms with E-state index in [0.29, 0.717) is 6.42 Å². The molecule has 0 aromatic heterocycles. The van der Waals surface area contributed by atoms with Crippen LogP contribution in [0.2, 0.25) is 0 Å².